The van der Waals surface area contributed by atoms with Gasteiger partial charge in [-0.1, -0.05) is 12.1 Å². The van der Waals surface area contributed by atoms with Crippen molar-refractivity contribution in [1.82, 2.24) is 4.57 Å². The van der Waals surface area contributed by atoms with Gasteiger partial charge in [0.2, 0.25) is 0 Å². The van der Waals surface area contributed by atoms with Crippen LogP contribution in [0.3, 0.4) is 0 Å². The Bertz CT molecular complexity index is 480. The Morgan fingerprint density at radius 3 is 2.80 bits per heavy atom. The number of hydrogen-bond donors (Lipinski definition) is 1. The van der Waals surface area contributed by atoms with E-state index in [1.54, 1.807) is 0 Å². The number of nitrogens with two attached hydrogens (primary N) is 1. The average molecular weight is 202 g/mol. The second-order valence-electron chi connectivity index (χ2n) is 4.46. The van der Waals surface area contributed by atoms with E-state index >= 15 is 0 Å². The number of aryl methyl sites for hydroxylation is 2. The van der Waals surface area contributed by atoms with E-state index in [0.29, 0.717) is 0 Å². The molecule has 0 amide bonds. The minimum Gasteiger partial charge on any atom is -0.350 e. The molecular formula is C13H18N2. The molecule has 0 saturated heterocycles. The van der Waals surface area contributed by atoms with Crippen LogP contribution in [0.2, 0.25) is 0 Å². The van der Waals surface area contributed by atoms with Gasteiger partial charge in [-0.25, -0.2) is 0 Å². The van der Waals surface area contributed by atoms with E-state index in [1.165, 1.54) is 22.0 Å². The van der Waals surface area contributed by atoms with Crippen LogP contribution in [0.25, 0.3) is 10.9 Å². The first-order valence-electron chi connectivity index (χ1n) is 5.38. The van der Waals surface area contributed by atoms with Crippen molar-refractivity contribution in [3.63, 3.8) is 0 Å². The summed E-state index contributed by atoms with van der Waals surface area (Å²) in [6.07, 6.45) is 3.11. The van der Waals surface area contributed by atoms with Gasteiger partial charge < -0.3 is 10.3 Å². The van der Waals surface area contributed by atoms with Gasteiger partial charge in [0.1, 0.15) is 0 Å². The highest BCUT2D eigenvalue weighted by molar-refractivity contribution is 5.84. The van der Waals surface area contributed by atoms with Gasteiger partial charge in [0.25, 0.3) is 0 Å². The highest BCUT2D eigenvalue weighted by Gasteiger charge is 2.04. The zero-order chi connectivity index (χ0) is 11.0. The first-order chi connectivity index (χ1) is 7.08. The van der Waals surface area contributed by atoms with Crippen molar-refractivity contribution in [3.05, 3.63) is 35.5 Å². The van der Waals surface area contributed by atoms with Crippen molar-refractivity contribution in [2.75, 3.05) is 0 Å². The summed E-state index contributed by atoms with van der Waals surface area (Å²) in [6.45, 7) is 4.19. The predicted molar refractivity (Wildman–Crippen MR) is 65.0 cm³/mol. The number of aromatic nitrogens is 1. The lowest BCUT2D eigenvalue weighted by molar-refractivity contribution is 0.738. The normalized spacial score (nSPS) is 13.3. The van der Waals surface area contributed by atoms with Crippen molar-refractivity contribution in [1.29, 1.82) is 0 Å². The molecule has 2 aromatic rings. The number of nitrogens with zero attached hydrogens (tertiary/aromatic N) is 1. The molecule has 0 saturated carbocycles. The second-order valence-corrected chi connectivity index (χ2v) is 4.46. The van der Waals surface area contributed by atoms with Gasteiger partial charge >= 0.3 is 0 Å². The van der Waals surface area contributed by atoms with Crippen molar-refractivity contribution in [2.24, 2.45) is 12.8 Å². The molecule has 1 unspecified atom stereocenters. The Morgan fingerprint density at radius 1 is 1.40 bits per heavy atom. The average Bonchev–Trinajstić information content (AvgIpc) is 2.41. The van der Waals surface area contributed by atoms with Gasteiger partial charge in [0.15, 0.2) is 0 Å². The Hall–Kier alpha value is -1.28. The Labute approximate surface area is 90.7 Å². The zero-order valence-corrected chi connectivity index (χ0v) is 9.62. The maximum atomic E-state index is 5.80. The fourth-order valence-electron chi connectivity index (χ4n) is 2.13. The summed E-state index contributed by atoms with van der Waals surface area (Å²) in [5.74, 6) is 0. The molecule has 15 heavy (non-hydrogen) atoms. The molecule has 1 heterocycles. The second kappa shape index (κ2) is 3.70. The first kappa shape index (κ1) is 10.2. The Morgan fingerprint density at radius 2 is 2.13 bits per heavy atom. The largest absolute Gasteiger partial charge is 0.350 e. The van der Waals surface area contributed by atoms with Gasteiger partial charge in [-0.15, -0.1) is 0 Å². The molecule has 0 spiro atoms. The fourth-order valence-corrected chi connectivity index (χ4v) is 2.13. The molecule has 0 fully saturated rings. The molecule has 0 aliphatic rings. The molecular weight excluding hydrogens is 184 g/mol. The third kappa shape index (κ3) is 1.90. The van der Waals surface area contributed by atoms with E-state index in [4.69, 9.17) is 5.73 Å². The number of hydrogen-bond acceptors (Lipinski definition) is 1. The lowest BCUT2D eigenvalue weighted by Gasteiger charge is -2.06. The minimum atomic E-state index is 0.226. The summed E-state index contributed by atoms with van der Waals surface area (Å²) in [7, 11) is 2.09. The van der Waals surface area contributed by atoms with E-state index in [9.17, 15) is 0 Å². The standard InChI is InChI=1S/C13H18N2/c1-9-8-15(3)13-7-11(6-10(2)14)4-5-12(9)13/h4-5,7-8,10H,6,14H2,1-3H3. The lowest BCUT2D eigenvalue weighted by atomic mass is 10.1. The van der Waals surface area contributed by atoms with E-state index < -0.39 is 0 Å². The van der Waals surface area contributed by atoms with E-state index in [0.717, 1.165) is 6.42 Å². The Kier molecular flexibility index (Phi) is 2.53. The molecule has 0 aliphatic carbocycles. The van der Waals surface area contributed by atoms with Crippen LogP contribution < -0.4 is 5.73 Å². The van der Waals surface area contributed by atoms with Crippen LogP contribution in [0.5, 0.6) is 0 Å². The van der Waals surface area contributed by atoms with E-state index in [2.05, 4.69) is 42.9 Å². The third-order valence-electron chi connectivity index (χ3n) is 2.81. The van der Waals surface area contributed by atoms with Crippen LogP contribution in [0.15, 0.2) is 24.4 Å². The topological polar surface area (TPSA) is 30.9 Å². The van der Waals surface area contributed by atoms with Crippen LogP contribution >= 0.6 is 0 Å². The summed E-state index contributed by atoms with van der Waals surface area (Å²) >= 11 is 0. The molecule has 1 aromatic heterocycles. The summed E-state index contributed by atoms with van der Waals surface area (Å²) in [5, 5.41) is 1.34. The monoisotopic (exact) mass is 202 g/mol. The molecule has 1 atom stereocenters. The molecule has 2 rings (SSSR count). The summed E-state index contributed by atoms with van der Waals surface area (Å²) in [5.41, 5.74) is 9.75. The fraction of sp³-hybridized carbons (Fsp3) is 0.385. The number of fused-ring (bicyclic) bond motifs is 1. The van der Waals surface area contributed by atoms with Gasteiger partial charge in [-0.05, 0) is 37.5 Å². The molecule has 0 bridgehead atoms. The first-order valence-corrected chi connectivity index (χ1v) is 5.38. The molecule has 2 heteroatoms. The maximum absolute atomic E-state index is 5.80. The van der Waals surface area contributed by atoms with Gasteiger partial charge in [-0.2, -0.15) is 0 Å². The van der Waals surface area contributed by atoms with Crippen LogP contribution in [0, 0.1) is 6.92 Å². The molecule has 80 valence electrons. The summed E-state index contributed by atoms with van der Waals surface area (Å²) in [4.78, 5) is 0. The van der Waals surface area contributed by atoms with Crippen LogP contribution in [-0.2, 0) is 13.5 Å². The highest BCUT2D eigenvalue weighted by Crippen LogP contribution is 2.21. The van der Waals surface area contributed by atoms with Crippen molar-refractivity contribution >= 4 is 10.9 Å². The summed E-state index contributed by atoms with van der Waals surface area (Å²) < 4.78 is 2.18. The SMILES string of the molecule is Cc1cn(C)c2cc(CC(C)N)ccc12. The Balaban J connectivity index is 2.50. The van der Waals surface area contributed by atoms with Crippen LogP contribution in [0.1, 0.15) is 18.1 Å². The smallest absolute Gasteiger partial charge is 0.0483 e. The minimum absolute atomic E-state index is 0.226. The highest BCUT2D eigenvalue weighted by atomic mass is 14.9. The van der Waals surface area contributed by atoms with Crippen molar-refractivity contribution < 1.29 is 0 Å². The van der Waals surface area contributed by atoms with Crippen LogP contribution in [0.4, 0.5) is 0 Å². The summed E-state index contributed by atoms with van der Waals surface area (Å²) in [6, 6.07) is 6.84. The number of benzene rings is 1. The van der Waals surface area contributed by atoms with E-state index in [-0.39, 0.29) is 6.04 Å². The lowest BCUT2D eigenvalue weighted by Crippen LogP contribution is -2.17. The number of rotatable bonds is 2. The van der Waals surface area contributed by atoms with Gasteiger partial charge in [-0.3, -0.25) is 0 Å². The van der Waals surface area contributed by atoms with E-state index in [1.807, 2.05) is 6.92 Å². The maximum Gasteiger partial charge on any atom is 0.0483 e. The molecule has 0 radical (unpaired) electrons. The van der Waals surface area contributed by atoms with Gasteiger partial charge in [0, 0.05) is 30.2 Å². The molecule has 2 N–H and O–H groups in total. The third-order valence-corrected chi connectivity index (χ3v) is 2.81. The van der Waals surface area contributed by atoms with Crippen LogP contribution in [-0.4, -0.2) is 10.6 Å². The molecule has 2 nitrogen and oxygen atoms in total. The molecule has 0 aliphatic heterocycles. The predicted octanol–water partition coefficient (Wildman–Crippen LogP) is 2.38. The van der Waals surface area contributed by atoms with Crippen molar-refractivity contribution in [2.45, 2.75) is 26.3 Å². The molecule has 1 aromatic carbocycles. The van der Waals surface area contributed by atoms with Crippen molar-refractivity contribution in [3.8, 4) is 0 Å². The zero-order valence-electron chi connectivity index (χ0n) is 9.62. The quantitative estimate of drug-likeness (QED) is 0.796. The van der Waals surface area contributed by atoms with Gasteiger partial charge in [0.05, 0.1) is 0 Å².